The Balaban J connectivity index is 2.83. The maximum absolute atomic E-state index is 11.3. The van der Waals surface area contributed by atoms with E-state index in [0.29, 0.717) is 12.1 Å². The van der Waals surface area contributed by atoms with Crippen molar-refractivity contribution in [2.24, 2.45) is 0 Å². The number of carboxylic acids is 1. The molecule has 0 aromatic heterocycles. The minimum Gasteiger partial charge on any atom is -0.872 e. The molecule has 100 valence electrons. The second-order valence-corrected chi connectivity index (χ2v) is 5.21. The Morgan fingerprint density at radius 1 is 1.44 bits per heavy atom. The van der Waals surface area contributed by atoms with Crippen molar-refractivity contribution in [2.45, 2.75) is 32.4 Å². The Hall–Kier alpha value is -1.59. The lowest BCUT2D eigenvalue weighted by molar-refractivity contribution is -0.268. The van der Waals surface area contributed by atoms with Crippen LogP contribution in [0.2, 0.25) is 0 Å². The van der Waals surface area contributed by atoms with E-state index in [2.05, 4.69) is 5.32 Å². The Morgan fingerprint density at radius 3 is 2.56 bits per heavy atom. The van der Waals surface area contributed by atoms with Crippen LogP contribution in [-0.2, 0) is 0 Å². The molecule has 1 aromatic carbocycles. The Morgan fingerprint density at radius 2 is 2.06 bits per heavy atom. The average molecular weight is 252 g/mol. The maximum Gasteiger partial charge on any atom is 0.335 e. The molecule has 0 fully saturated rings. The standard InChI is InChI=1S/C13H19NO4/c1-13(2,3)14-7-11(16)8-4-5-10(15)9(6-8)12(17)18/h4-6,11,14-16H,7H2,1-3H3,(H,17,18)/p-1. The molecule has 1 atom stereocenters. The molecule has 0 aliphatic rings. The van der Waals surface area contributed by atoms with Crippen molar-refractivity contribution >= 4 is 5.97 Å². The number of aliphatic hydroxyl groups excluding tert-OH is 1. The number of benzene rings is 1. The van der Waals surface area contributed by atoms with E-state index in [9.17, 15) is 15.0 Å². The average Bonchev–Trinajstić information content (AvgIpc) is 2.25. The highest BCUT2D eigenvalue weighted by molar-refractivity contribution is 5.90. The summed E-state index contributed by atoms with van der Waals surface area (Å²) in [6.45, 7) is 6.18. The molecule has 5 heteroatoms. The van der Waals surface area contributed by atoms with Gasteiger partial charge in [-0.15, -0.1) is 0 Å². The Bertz CT molecular complexity index is 437. The highest BCUT2D eigenvalue weighted by Gasteiger charge is 2.15. The number of carbonyl (C=O) groups is 1. The first-order valence-electron chi connectivity index (χ1n) is 5.68. The molecule has 0 aliphatic carbocycles. The smallest absolute Gasteiger partial charge is 0.335 e. The number of hydrogen-bond acceptors (Lipinski definition) is 4. The first-order chi connectivity index (χ1) is 8.20. The van der Waals surface area contributed by atoms with Gasteiger partial charge in [0.05, 0.1) is 11.7 Å². The molecule has 1 aromatic rings. The first kappa shape index (κ1) is 14.5. The van der Waals surface area contributed by atoms with Gasteiger partial charge in [-0.05, 0) is 32.4 Å². The van der Waals surface area contributed by atoms with Gasteiger partial charge in [-0.3, -0.25) is 0 Å². The van der Waals surface area contributed by atoms with Crippen LogP contribution in [0.4, 0.5) is 0 Å². The number of β-amino-alcohol motifs (C(OH)–C–C–N with tert-alkyl or cyclic N) is 1. The van der Waals surface area contributed by atoms with E-state index in [1.807, 2.05) is 20.8 Å². The zero-order valence-electron chi connectivity index (χ0n) is 10.7. The monoisotopic (exact) mass is 252 g/mol. The van der Waals surface area contributed by atoms with Crippen LogP contribution < -0.4 is 10.4 Å². The molecule has 0 amide bonds. The lowest BCUT2D eigenvalue weighted by Crippen LogP contribution is -2.38. The number of aromatic carboxylic acids is 1. The van der Waals surface area contributed by atoms with E-state index in [-0.39, 0.29) is 11.1 Å². The fourth-order valence-electron chi connectivity index (χ4n) is 1.44. The number of hydrogen-bond donors (Lipinski definition) is 3. The van der Waals surface area contributed by atoms with Gasteiger partial charge in [0, 0.05) is 12.1 Å². The van der Waals surface area contributed by atoms with Gasteiger partial charge in [0.1, 0.15) is 0 Å². The van der Waals surface area contributed by atoms with Crippen molar-refractivity contribution in [1.82, 2.24) is 5.32 Å². The van der Waals surface area contributed by atoms with Crippen LogP contribution in [0.1, 0.15) is 42.8 Å². The molecule has 5 nitrogen and oxygen atoms in total. The van der Waals surface area contributed by atoms with E-state index in [4.69, 9.17) is 5.11 Å². The molecule has 0 saturated carbocycles. The summed E-state index contributed by atoms with van der Waals surface area (Å²) < 4.78 is 0. The SMILES string of the molecule is CC(C)(C)NCC(O)c1ccc([O-])c(C(=O)O)c1. The lowest BCUT2D eigenvalue weighted by Gasteiger charge is -2.23. The van der Waals surface area contributed by atoms with E-state index in [1.54, 1.807) is 0 Å². The summed E-state index contributed by atoms with van der Waals surface area (Å²) in [4.78, 5) is 10.8. The Labute approximate surface area is 106 Å². The van der Waals surface area contributed by atoms with Crippen LogP contribution in [-0.4, -0.2) is 28.3 Å². The zero-order chi connectivity index (χ0) is 13.9. The number of aliphatic hydroxyl groups is 1. The second-order valence-electron chi connectivity index (χ2n) is 5.21. The summed E-state index contributed by atoms with van der Waals surface area (Å²) in [5, 5.41) is 33.1. The summed E-state index contributed by atoms with van der Waals surface area (Å²) in [5.74, 6) is -1.83. The van der Waals surface area contributed by atoms with Crippen LogP contribution in [0.5, 0.6) is 5.75 Å². The first-order valence-corrected chi connectivity index (χ1v) is 5.68. The molecule has 0 bridgehead atoms. The van der Waals surface area contributed by atoms with Crippen molar-refractivity contribution < 1.29 is 20.1 Å². The van der Waals surface area contributed by atoms with E-state index in [0.717, 1.165) is 0 Å². The minimum absolute atomic E-state index is 0.144. The van der Waals surface area contributed by atoms with Crippen LogP contribution in [0.3, 0.4) is 0 Å². The number of rotatable bonds is 4. The molecule has 3 N–H and O–H groups in total. The van der Waals surface area contributed by atoms with Gasteiger partial charge in [0.25, 0.3) is 0 Å². The molecule has 0 aliphatic heterocycles. The Kier molecular flexibility index (Phi) is 4.32. The highest BCUT2D eigenvalue weighted by atomic mass is 16.4. The topological polar surface area (TPSA) is 92.6 Å². The van der Waals surface area contributed by atoms with Crippen LogP contribution in [0.15, 0.2) is 18.2 Å². The second kappa shape index (κ2) is 5.37. The predicted molar refractivity (Wildman–Crippen MR) is 65.6 cm³/mol. The molecular weight excluding hydrogens is 234 g/mol. The van der Waals surface area contributed by atoms with Crippen molar-refractivity contribution in [3.8, 4) is 5.75 Å². The molecule has 1 rings (SSSR count). The third-order valence-electron chi connectivity index (χ3n) is 2.44. The highest BCUT2D eigenvalue weighted by Crippen LogP contribution is 2.20. The quantitative estimate of drug-likeness (QED) is 0.739. The van der Waals surface area contributed by atoms with E-state index in [1.165, 1.54) is 18.2 Å². The third-order valence-corrected chi connectivity index (χ3v) is 2.44. The van der Waals surface area contributed by atoms with Gasteiger partial charge in [-0.25, -0.2) is 4.79 Å². The van der Waals surface area contributed by atoms with E-state index < -0.39 is 17.8 Å². The van der Waals surface area contributed by atoms with E-state index >= 15 is 0 Å². The van der Waals surface area contributed by atoms with Gasteiger partial charge in [0.2, 0.25) is 0 Å². The van der Waals surface area contributed by atoms with Gasteiger partial charge in [0.15, 0.2) is 0 Å². The molecular formula is C13H18NO4-. The normalized spacial score (nSPS) is 13.3. The van der Waals surface area contributed by atoms with Crippen LogP contribution in [0, 0.1) is 0 Å². The van der Waals surface area contributed by atoms with Gasteiger partial charge >= 0.3 is 5.97 Å². The minimum atomic E-state index is -1.28. The van der Waals surface area contributed by atoms with Gasteiger partial charge in [-0.1, -0.05) is 17.9 Å². The van der Waals surface area contributed by atoms with Crippen LogP contribution in [0.25, 0.3) is 0 Å². The lowest BCUT2D eigenvalue weighted by atomic mass is 10.0. The molecule has 0 radical (unpaired) electrons. The van der Waals surface area contributed by atoms with Crippen LogP contribution >= 0.6 is 0 Å². The summed E-state index contributed by atoms with van der Waals surface area (Å²) in [7, 11) is 0. The number of carboxylic acid groups (broad SMARTS) is 1. The fraction of sp³-hybridized carbons (Fsp3) is 0.462. The largest absolute Gasteiger partial charge is 0.872 e. The number of nitrogens with one attached hydrogen (secondary N) is 1. The maximum atomic E-state index is 11.3. The molecule has 0 spiro atoms. The molecule has 0 heterocycles. The summed E-state index contributed by atoms with van der Waals surface area (Å²) in [5.41, 5.74) is -0.0409. The van der Waals surface area contributed by atoms with Crippen molar-refractivity contribution in [2.75, 3.05) is 6.54 Å². The fourth-order valence-corrected chi connectivity index (χ4v) is 1.44. The zero-order valence-corrected chi connectivity index (χ0v) is 10.7. The van der Waals surface area contributed by atoms with Crippen molar-refractivity contribution in [3.05, 3.63) is 29.3 Å². The van der Waals surface area contributed by atoms with Gasteiger partial charge < -0.3 is 20.6 Å². The summed E-state index contributed by atoms with van der Waals surface area (Å²) >= 11 is 0. The predicted octanol–water partition coefficient (Wildman–Crippen LogP) is 0.880. The summed E-state index contributed by atoms with van der Waals surface area (Å²) in [6, 6.07) is 3.84. The summed E-state index contributed by atoms with van der Waals surface area (Å²) in [6.07, 6.45) is -0.845. The van der Waals surface area contributed by atoms with Crippen molar-refractivity contribution in [1.29, 1.82) is 0 Å². The van der Waals surface area contributed by atoms with Crippen molar-refractivity contribution in [3.63, 3.8) is 0 Å². The molecule has 1 unspecified atom stereocenters. The molecule has 18 heavy (non-hydrogen) atoms. The molecule has 0 saturated heterocycles. The third kappa shape index (κ3) is 4.01. The van der Waals surface area contributed by atoms with Gasteiger partial charge in [-0.2, -0.15) is 0 Å².